The molecule has 0 saturated heterocycles. The number of anilines is 1. The molecule has 2 amide bonds. The standard InChI is InChI=1S/C18H17N3OS/c1-13-3-2-4-17(7-13)21-18(22)20-10-14-8-16(11-19-9-14)15-5-6-23-12-15/h2-9,11-12H,10H2,1H3,(H2,20,21,22). The Balaban J connectivity index is 1.60. The molecule has 3 aromatic rings. The largest absolute Gasteiger partial charge is 0.334 e. The highest BCUT2D eigenvalue weighted by atomic mass is 32.1. The number of thiophene rings is 1. The summed E-state index contributed by atoms with van der Waals surface area (Å²) >= 11 is 1.65. The van der Waals surface area contributed by atoms with E-state index in [1.807, 2.05) is 48.8 Å². The van der Waals surface area contributed by atoms with Crippen LogP contribution in [-0.4, -0.2) is 11.0 Å². The molecule has 2 heterocycles. The van der Waals surface area contributed by atoms with Crippen molar-refractivity contribution in [2.75, 3.05) is 5.32 Å². The van der Waals surface area contributed by atoms with Gasteiger partial charge in [0.05, 0.1) is 0 Å². The second-order valence-electron chi connectivity index (χ2n) is 5.27. The monoisotopic (exact) mass is 323 g/mol. The van der Waals surface area contributed by atoms with Crippen LogP contribution < -0.4 is 10.6 Å². The Bertz CT molecular complexity index is 800. The number of nitrogens with one attached hydrogen (secondary N) is 2. The summed E-state index contributed by atoms with van der Waals surface area (Å²) in [7, 11) is 0. The first-order valence-electron chi connectivity index (χ1n) is 7.29. The Morgan fingerprint density at radius 2 is 2.09 bits per heavy atom. The van der Waals surface area contributed by atoms with Gasteiger partial charge in [-0.15, -0.1) is 0 Å². The fourth-order valence-corrected chi connectivity index (χ4v) is 2.92. The van der Waals surface area contributed by atoms with Gasteiger partial charge in [0, 0.05) is 30.2 Å². The molecule has 2 aromatic heterocycles. The molecule has 1 aromatic carbocycles. The number of aryl methyl sites for hydroxylation is 1. The average molecular weight is 323 g/mol. The summed E-state index contributed by atoms with van der Waals surface area (Å²) in [5.74, 6) is 0. The molecule has 4 nitrogen and oxygen atoms in total. The van der Waals surface area contributed by atoms with E-state index in [0.717, 1.165) is 27.9 Å². The zero-order valence-electron chi connectivity index (χ0n) is 12.7. The lowest BCUT2D eigenvalue weighted by atomic mass is 10.1. The van der Waals surface area contributed by atoms with Gasteiger partial charge in [0.25, 0.3) is 0 Å². The van der Waals surface area contributed by atoms with Gasteiger partial charge in [-0.25, -0.2) is 4.79 Å². The lowest BCUT2D eigenvalue weighted by Crippen LogP contribution is -2.28. The van der Waals surface area contributed by atoms with Gasteiger partial charge in [0.15, 0.2) is 0 Å². The Morgan fingerprint density at radius 1 is 1.17 bits per heavy atom. The van der Waals surface area contributed by atoms with Crippen LogP contribution in [0.1, 0.15) is 11.1 Å². The van der Waals surface area contributed by atoms with Gasteiger partial charge in [-0.1, -0.05) is 12.1 Å². The normalized spacial score (nSPS) is 10.3. The van der Waals surface area contributed by atoms with Crippen molar-refractivity contribution in [2.24, 2.45) is 0 Å². The highest BCUT2D eigenvalue weighted by molar-refractivity contribution is 7.08. The number of carbonyl (C=O) groups is 1. The lowest BCUT2D eigenvalue weighted by molar-refractivity contribution is 0.251. The summed E-state index contributed by atoms with van der Waals surface area (Å²) in [6.07, 6.45) is 3.60. The summed E-state index contributed by atoms with van der Waals surface area (Å²) in [6.45, 7) is 2.42. The van der Waals surface area contributed by atoms with Gasteiger partial charge in [0.2, 0.25) is 0 Å². The van der Waals surface area contributed by atoms with E-state index >= 15 is 0 Å². The zero-order valence-corrected chi connectivity index (χ0v) is 13.6. The first kappa shape index (κ1) is 15.2. The van der Waals surface area contributed by atoms with Crippen molar-refractivity contribution in [1.82, 2.24) is 10.3 Å². The number of amides is 2. The predicted octanol–water partition coefficient (Wildman–Crippen LogP) is 4.44. The topological polar surface area (TPSA) is 54.0 Å². The van der Waals surface area contributed by atoms with Crippen molar-refractivity contribution in [3.8, 4) is 11.1 Å². The van der Waals surface area contributed by atoms with E-state index in [1.54, 1.807) is 17.5 Å². The van der Waals surface area contributed by atoms with Crippen LogP contribution >= 0.6 is 11.3 Å². The van der Waals surface area contributed by atoms with Crippen LogP contribution in [0.15, 0.2) is 59.6 Å². The molecule has 0 aliphatic rings. The zero-order chi connectivity index (χ0) is 16.1. The van der Waals surface area contributed by atoms with Crippen molar-refractivity contribution in [2.45, 2.75) is 13.5 Å². The fraction of sp³-hybridized carbons (Fsp3) is 0.111. The van der Waals surface area contributed by atoms with E-state index in [4.69, 9.17) is 0 Å². The molecule has 116 valence electrons. The molecular formula is C18H17N3OS. The molecule has 0 fully saturated rings. The Hall–Kier alpha value is -2.66. The predicted molar refractivity (Wildman–Crippen MR) is 94.6 cm³/mol. The minimum atomic E-state index is -0.225. The second kappa shape index (κ2) is 7.07. The van der Waals surface area contributed by atoms with Crippen LogP contribution in [0.3, 0.4) is 0 Å². The number of hydrogen-bond acceptors (Lipinski definition) is 3. The van der Waals surface area contributed by atoms with Gasteiger partial charge in [-0.2, -0.15) is 11.3 Å². The number of pyridine rings is 1. The fourth-order valence-electron chi connectivity index (χ4n) is 2.25. The van der Waals surface area contributed by atoms with Crippen molar-refractivity contribution in [1.29, 1.82) is 0 Å². The summed E-state index contributed by atoms with van der Waals surface area (Å²) in [5, 5.41) is 9.80. The minimum absolute atomic E-state index is 0.225. The van der Waals surface area contributed by atoms with E-state index in [2.05, 4.69) is 27.1 Å². The van der Waals surface area contributed by atoms with Crippen LogP contribution in [-0.2, 0) is 6.54 Å². The quantitative estimate of drug-likeness (QED) is 0.746. The summed E-state index contributed by atoms with van der Waals surface area (Å²) in [6, 6.07) is 11.6. The summed E-state index contributed by atoms with van der Waals surface area (Å²) in [4.78, 5) is 16.2. The molecule has 2 N–H and O–H groups in total. The van der Waals surface area contributed by atoms with Gasteiger partial charge in [-0.3, -0.25) is 4.98 Å². The number of urea groups is 1. The number of aromatic nitrogens is 1. The molecule has 0 bridgehead atoms. The van der Waals surface area contributed by atoms with E-state index in [-0.39, 0.29) is 6.03 Å². The number of benzene rings is 1. The van der Waals surface area contributed by atoms with Crippen molar-refractivity contribution < 1.29 is 4.79 Å². The summed E-state index contributed by atoms with van der Waals surface area (Å²) in [5.41, 5.74) is 5.06. The highest BCUT2D eigenvalue weighted by Crippen LogP contribution is 2.21. The maximum absolute atomic E-state index is 12.0. The second-order valence-corrected chi connectivity index (χ2v) is 6.05. The van der Waals surface area contributed by atoms with Gasteiger partial charge >= 0.3 is 6.03 Å². The van der Waals surface area contributed by atoms with E-state index in [1.165, 1.54) is 0 Å². The van der Waals surface area contributed by atoms with E-state index in [9.17, 15) is 4.79 Å². The van der Waals surface area contributed by atoms with Crippen LogP contribution in [0.5, 0.6) is 0 Å². The van der Waals surface area contributed by atoms with Crippen LogP contribution in [0.25, 0.3) is 11.1 Å². The van der Waals surface area contributed by atoms with Gasteiger partial charge in [-0.05, 0) is 58.6 Å². The molecule has 0 spiro atoms. The van der Waals surface area contributed by atoms with Crippen LogP contribution in [0.4, 0.5) is 10.5 Å². The third-order valence-electron chi connectivity index (χ3n) is 3.38. The molecule has 0 aliphatic heterocycles. The molecule has 0 aliphatic carbocycles. The third-order valence-corrected chi connectivity index (χ3v) is 4.06. The molecule has 0 atom stereocenters. The molecule has 3 rings (SSSR count). The first-order valence-corrected chi connectivity index (χ1v) is 8.23. The number of rotatable bonds is 4. The maximum atomic E-state index is 12.0. The van der Waals surface area contributed by atoms with Crippen molar-refractivity contribution >= 4 is 23.1 Å². The molecule has 0 unspecified atom stereocenters. The van der Waals surface area contributed by atoms with E-state index in [0.29, 0.717) is 6.54 Å². The van der Waals surface area contributed by atoms with Crippen molar-refractivity contribution in [3.05, 3.63) is 70.7 Å². The van der Waals surface area contributed by atoms with Gasteiger partial charge < -0.3 is 10.6 Å². The minimum Gasteiger partial charge on any atom is -0.334 e. The number of nitrogens with zero attached hydrogens (tertiary/aromatic N) is 1. The smallest absolute Gasteiger partial charge is 0.319 e. The molecular weight excluding hydrogens is 306 g/mol. The Labute approximate surface area is 139 Å². The van der Waals surface area contributed by atoms with Crippen LogP contribution in [0, 0.1) is 6.92 Å². The highest BCUT2D eigenvalue weighted by Gasteiger charge is 2.04. The Morgan fingerprint density at radius 3 is 2.87 bits per heavy atom. The molecule has 0 saturated carbocycles. The van der Waals surface area contributed by atoms with Crippen LogP contribution in [0.2, 0.25) is 0 Å². The lowest BCUT2D eigenvalue weighted by Gasteiger charge is -2.09. The first-order chi connectivity index (χ1) is 11.2. The van der Waals surface area contributed by atoms with E-state index < -0.39 is 0 Å². The molecule has 0 radical (unpaired) electrons. The SMILES string of the molecule is Cc1cccc(NC(=O)NCc2cncc(-c3ccsc3)c2)c1. The third kappa shape index (κ3) is 4.17. The molecule has 5 heteroatoms. The maximum Gasteiger partial charge on any atom is 0.319 e. The number of carbonyl (C=O) groups excluding carboxylic acids is 1. The molecule has 23 heavy (non-hydrogen) atoms. The average Bonchev–Trinajstić information content (AvgIpc) is 3.08. The van der Waals surface area contributed by atoms with Crippen molar-refractivity contribution in [3.63, 3.8) is 0 Å². The Kier molecular flexibility index (Phi) is 4.68. The summed E-state index contributed by atoms with van der Waals surface area (Å²) < 4.78 is 0. The number of hydrogen-bond donors (Lipinski definition) is 2. The van der Waals surface area contributed by atoms with Gasteiger partial charge in [0.1, 0.15) is 0 Å².